The molecule has 0 saturated heterocycles. The number of carbonyl (C=O) groups excluding carboxylic acids is 1. The third-order valence-electron chi connectivity index (χ3n) is 4.40. The molecule has 1 unspecified atom stereocenters. The Bertz CT molecular complexity index is 937. The summed E-state index contributed by atoms with van der Waals surface area (Å²) in [4.78, 5) is 23.4. The van der Waals surface area contributed by atoms with Gasteiger partial charge in [0.15, 0.2) is 5.96 Å². The first-order valence-corrected chi connectivity index (χ1v) is 8.04. The summed E-state index contributed by atoms with van der Waals surface area (Å²) < 4.78 is 5.15. The van der Waals surface area contributed by atoms with Crippen LogP contribution in [0.1, 0.15) is 5.56 Å². The minimum absolute atomic E-state index is 0.120. The first-order valence-electron chi connectivity index (χ1n) is 8.04. The van der Waals surface area contributed by atoms with Crippen molar-refractivity contribution >= 4 is 29.2 Å². The van der Waals surface area contributed by atoms with Gasteiger partial charge in [-0.25, -0.2) is 9.98 Å². The van der Waals surface area contributed by atoms with Crippen LogP contribution >= 0.6 is 0 Å². The van der Waals surface area contributed by atoms with Gasteiger partial charge >= 0.3 is 0 Å². The van der Waals surface area contributed by atoms with E-state index in [1.54, 1.807) is 19.1 Å². The summed E-state index contributed by atoms with van der Waals surface area (Å²) in [5, 5.41) is 6.01. The number of hydrogen-bond acceptors (Lipinski definition) is 7. The third kappa shape index (κ3) is 2.34. The number of carbonyl (C=O) groups is 1. The van der Waals surface area contributed by atoms with Gasteiger partial charge in [0.2, 0.25) is 5.96 Å². The lowest BCUT2D eigenvalue weighted by Crippen LogP contribution is -2.50. The molecule has 0 aliphatic carbocycles. The van der Waals surface area contributed by atoms with Crippen LogP contribution in [-0.2, 0) is 10.5 Å². The van der Waals surface area contributed by atoms with Crippen LogP contribution in [0.25, 0.3) is 0 Å². The lowest BCUT2D eigenvalue weighted by molar-refractivity contribution is -0.122. The number of rotatable bonds is 2. The van der Waals surface area contributed by atoms with Crippen molar-refractivity contribution in [3.63, 3.8) is 0 Å². The minimum Gasteiger partial charge on any atom is -0.497 e. The standard InChI is InChI=1S/C18H18N6O2/c1-24-14-6-4-3-5-13(14)18(15(24)25)22-16(19)21-17(23-18)20-11-7-9-12(26-2)10-8-11/h3-10H,1-2H3,(H4,19,20,21,22,23). The van der Waals surface area contributed by atoms with Gasteiger partial charge in [-0.2, -0.15) is 0 Å². The van der Waals surface area contributed by atoms with Crippen molar-refractivity contribution in [2.24, 2.45) is 15.7 Å². The number of anilines is 2. The van der Waals surface area contributed by atoms with Crippen LogP contribution < -0.4 is 26.0 Å². The Morgan fingerprint density at radius 1 is 1.15 bits per heavy atom. The normalized spacial score (nSPS) is 21.0. The van der Waals surface area contributed by atoms with Crippen molar-refractivity contribution in [1.29, 1.82) is 0 Å². The zero-order chi connectivity index (χ0) is 18.3. The molecule has 26 heavy (non-hydrogen) atoms. The molecule has 8 nitrogen and oxygen atoms in total. The van der Waals surface area contributed by atoms with E-state index in [4.69, 9.17) is 10.5 Å². The minimum atomic E-state index is -1.41. The fraction of sp³-hybridized carbons (Fsp3) is 0.167. The number of amides is 1. The molecule has 2 aromatic rings. The highest BCUT2D eigenvalue weighted by molar-refractivity contribution is 6.14. The van der Waals surface area contributed by atoms with E-state index < -0.39 is 5.66 Å². The Hall–Kier alpha value is -3.55. The predicted octanol–water partition coefficient (Wildman–Crippen LogP) is 1.21. The average Bonchev–Trinajstić information content (AvgIpc) is 2.84. The van der Waals surface area contributed by atoms with Crippen molar-refractivity contribution in [3.8, 4) is 5.75 Å². The van der Waals surface area contributed by atoms with E-state index in [0.29, 0.717) is 11.5 Å². The number of nitrogens with one attached hydrogen (secondary N) is 2. The number of nitrogens with zero attached hydrogens (tertiary/aromatic N) is 3. The van der Waals surface area contributed by atoms with Crippen LogP contribution in [0.3, 0.4) is 0 Å². The van der Waals surface area contributed by atoms with Crippen molar-refractivity contribution in [2.75, 3.05) is 24.4 Å². The number of guanidine groups is 2. The molecule has 132 valence electrons. The Labute approximate surface area is 150 Å². The lowest BCUT2D eigenvalue weighted by atomic mass is 10.0. The molecule has 1 atom stereocenters. The second-order valence-corrected chi connectivity index (χ2v) is 5.99. The van der Waals surface area contributed by atoms with E-state index in [2.05, 4.69) is 20.6 Å². The van der Waals surface area contributed by atoms with E-state index in [9.17, 15) is 4.79 Å². The Morgan fingerprint density at radius 2 is 1.88 bits per heavy atom. The summed E-state index contributed by atoms with van der Waals surface area (Å²) in [6, 6.07) is 14.8. The summed E-state index contributed by atoms with van der Waals surface area (Å²) in [5.41, 5.74) is 6.80. The predicted molar refractivity (Wildman–Crippen MR) is 100 cm³/mol. The van der Waals surface area contributed by atoms with Gasteiger partial charge in [0.25, 0.3) is 11.6 Å². The molecular weight excluding hydrogens is 332 g/mol. The van der Waals surface area contributed by atoms with Gasteiger partial charge in [-0.1, -0.05) is 18.2 Å². The third-order valence-corrected chi connectivity index (χ3v) is 4.40. The van der Waals surface area contributed by atoms with Gasteiger partial charge < -0.3 is 20.7 Å². The smallest absolute Gasteiger partial charge is 0.282 e. The number of methoxy groups -OCH3 is 1. The van der Waals surface area contributed by atoms with Gasteiger partial charge in [-0.15, -0.1) is 0 Å². The fourth-order valence-electron chi connectivity index (χ4n) is 3.14. The number of ether oxygens (including phenoxy) is 1. The molecule has 4 N–H and O–H groups in total. The summed E-state index contributed by atoms with van der Waals surface area (Å²) in [6.07, 6.45) is 0. The second kappa shape index (κ2) is 5.76. The average molecular weight is 350 g/mol. The number of nitrogens with two attached hydrogens (primary N) is 1. The second-order valence-electron chi connectivity index (χ2n) is 5.99. The van der Waals surface area contributed by atoms with E-state index >= 15 is 0 Å². The van der Waals surface area contributed by atoms with Gasteiger partial charge in [0.05, 0.1) is 12.8 Å². The zero-order valence-electron chi connectivity index (χ0n) is 14.4. The monoisotopic (exact) mass is 350 g/mol. The van der Waals surface area contributed by atoms with Crippen molar-refractivity contribution in [3.05, 3.63) is 54.1 Å². The van der Waals surface area contributed by atoms with Crippen molar-refractivity contribution in [1.82, 2.24) is 5.32 Å². The molecule has 0 radical (unpaired) electrons. The SMILES string of the molecule is COc1ccc(NC2=NC3(N=C(N)N2)C(=O)N(C)c2ccccc23)cc1. The number of para-hydroxylation sites is 1. The summed E-state index contributed by atoms with van der Waals surface area (Å²) in [7, 11) is 3.31. The molecule has 0 bridgehead atoms. The molecule has 2 aliphatic rings. The topological polar surface area (TPSA) is 104 Å². The van der Waals surface area contributed by atoms with E-state index in [0.717, 1.165) is 17.1 Å². The van der Waals surface area contributed by atoms with Crippen LogP contribution in [0.5, 0.6) is 5.75 Å². The van der Waals surface area contributed by atoms with Gasteiger partial charge in [0.1, 0.15) is 5.75 Å². The number of likely N-dealkylation sites (N-methyl/N-ethyl adjacent to an activating group) is 1. The maximum atomic E-state index is 13.0. The van der Waals surface area contributed by atoms with E-state index in [1.165, 1.54) is 0 Å². The zero-order valence-corrected chi connectivity index (χ0v) is 14.4. The highest BCUT2D eigenvalue weighted by Crippen LogP contribution is 2.43. The van der Waals surface area contributed by atoms with Crippen LogP contribution in [0, 0.1) is 0 Å². The molecule has 8 heteroatoms. The highest BCUT2D eigenvalue weighted by atomic mass is 16.5. The highest BCUT2D eigenvalue weighted by Gasteiger charge is 2.52. The molecule has 0 aromatic heterocycles. The maximum absolute atomic E-state index is 13.0. The van der Waals surface area contributed by atoms with Crippen LogP contribution in [-0.4, -0.2) is 32.0 Å². The van der Waals surface area contributed by atoms with Gasteiger partial charge in [-0.3, -0.25) is 10.1 Å². The van der Waals surface area contributed by atoms with Gasteiger partial charge in [0, 0.05) is 18.3 Å². The molecule has 2 aromatic carbocycles. The fourth-order valence-corrected chi connectivity index (χ4v) is 3.14. The summed E-state index contributed by atoms with van der Waals surface area (Å²) in [5.74, 6) is 0.959. The molecular formula is C18H18N6O2. The first-order chi connectivity index (χ1) is 12.5. The Kier molecular flexibility index (Phi) is 3.54. The quantitative estimate of drug-likeness (QED) is 0.755. The van der Waals surface area contributed by atoms with Crippen LogP contribution in [0.15, 0.2) is 58.5 Å². The molecule has 2 heterocycles. The molecule has 1 spiro atoms. The van der Waals surface area contributed by atoms with Crippen LogP contribution in [0.4, 0.5) is 11.4 Å². The molecule has 0 fully saturated rings. The number of aliphatic imine (C=N–C) groups is 2. The van der Waals surface area contributed by atoms with Gasteiger partial charge in [-0.05, 0) is 30.3 Å². The summed E-state index contributed by atoms with van der Waals surface area (Å²) >= 11 is 0. The lowest BCUT2D eigenvalue weighted by Gasteiger charge is -2.26. The molecule has 4 rings (SSSR count). The van der Waals surface area contributed by atoms with Crippen molar-refractivity contribution < 1.29 is 9.53 Å². The van der Waals surface area contributed by atoms with E-state index in [1.807, 2.05) is 48.5 Å². The number of benzene rings is 2. The first kappa shape index (κ1) is 15.9. The Morgan fingerprint density at radius 3 is 2.62 bits per heavy atom. The van der Waals surface area contributed by atoms with Crippen molar-refractivity contribution in [2.45, 2.75) is 5.66 Å². The Balaban J connectivity index is 1.74. The number of fused-ring (bicyclic) bond motifs is 2. The van der Waals surface area contributed by atoms with E-state index in [-0.39, 0.29) is 11.9 Å². The molecule has 2 aliphatic heterocycles. The maximum Gasteiger partial charge on any atom is 0.282 e. The van der Waals surface area contributed by atoms with Crippen LogP contribution in [0.2, 0.25) is 0 Å². The summed E-state index contributed by atoms with van der Waals surface area (Å²) in [6.45, 7) is 0. The number of hydrogen-bond donors (Lipinski definition) is 3. The molecule has 0 saturated carbocycles. The largest absolute Gasteiger partial charge is 0.497 e. The molecule has 1 amide bonds.